The van der Waals surface area contributed by atoms with Crippen LogP contribution in [0.5, 0.6) is 0 Å². The van der Waals surface area contributed by atoms with E-state index in [1.165, 1.54) is 21.7 Å². The van der Waals surface area contributed by atoms with Crippen molar-refractivity contribution in [3.05, 3.63) is 64.2 Å². The minimum Gasteiger partial charge on any atom is -0.345 e. The van der Waals surface area contributed by atoms with Crippen LogP contribution in [0.3, 0.4) is 0 Å². The Morgan fingerprint density at radius 1 is 1.03 bits per heavy atom. The van der Waals surface area contributed by atoms with E-state index in [1.807, 2.05) is 17.5 Å². The number of sulfonamides is 1. The third-order valence-corrected chi connectivity index (χ3v) is 8.68. The van der Waals surface area contributed by atoms with Crippen LogP contribution >= 0.6 is 22.9 Å². The van der Waals surface area contributed by atoms with Crippen LogP contribution in [0.2, 0.25) is 5.02 Å². The number of aromatic nitrogens is 1. The van der Waals surface area contributed by atoms with Gasteiger partial charge in [0.25, 0.3) is 0 Å². The Hall–Kier alpha value is -2.00. The fraction of sp³-hybridized carbons (Fsp3) is 0.348. The number of piperazine rings is 1. The van der Waals surface area contributed by atoms with E-state index in [1.54, 1.807) is 24.3 Å². The molecular weight excluding hydrogens is 469 g/mol. The number of anilines is 1. The van der Waals surface area contributed by atoms with Crippen molar-refractivity contribution < 1.29 is 12.8 Å². The minimum atomic E-state index is -3.54. The van der Waals surface area contributed by atoms with Crippen LogP contribution in [0.1, 0.15) is 26.3 Å². The van der Waals surface area contributed by atoms with Gasteiger partial charge in [-0.05, 0) is 41.3 Å². The summed E-state index contributed by atoms with van der Waals surface area (Å²) in [6.45, 7) is 8.19. The molecule has 2 heterocycles. The first kappa shape index (κ1) is 23.2. The van der Waals surface area contributed by atoms with Crippen LogP contribution < -0.4 is 4.90 Å². The molecule has 0 bridgehead atoms. The van der Waals surface area contributed by atoms with Gasteiger partial charge in [0.2, 0.25) is 10.0 Å². The summed E-state index contributed by atoms with van der Waals surface area (Å²) in [5.41, 5.74) is 2.54. The lowest BCUT2D eigenvalue weighted by molar-refractivity contribution is 0.384. The highest BCUT2D eigenvalue weighted by Crippen LogP contribution is 2.31. The number of halogens is 2. The van der Waals surface area contributed by atoms with Gasteiger partial charge in [-0.15, -0.1) is 11.3 Å². The van der Waals surface area contributed by atoms with Gasteiger partial charge in [0.1, 0.15) is 5.82 Å². The van der Waals surface area contributed by atoms with Gasteiger partial charge in [0.15, 0.2) is 5.13 Å². The molecule has 1 aromatic heterocycles. The third kappa shape index (κ3) is 4.69. The third-order valence-electron chi connectivity index (χ3n) is 5.57. The molecular formula is C23H25ClFN3O2S2. The second kappa shape index (κ2) is 8.74. The van der Waals surface area contributed by atoms with Gasteiger partial charge in [-0.1, -0.05) is 44.5 Å². The number of benzene rings is 2. The lowest BCUT2D eigenvalue weighted by Gasteiger charge is -2.33. The van der Waals surface area contributed by atoms with Crippen LogP contribution in [-0.2, 0) is 15.4 Å². The molecule has 170 valence electrons. The van der Waals surface area contributed by atoms with E-state index in [4.69, 9.17) is 11.6 Å². The fourth-order valence-corrected chi connectivity index (χ4v) is 6.08. The summed E-state index contributed by atoms with van der Waals surface area (Å²) in [4.78, 5) is 7.05. The Morgan fingerprint density at radius 3 is 2.28 bits per heavy atom. The molecule has 3 aromatic rings. The van der Waals surface area contributed by atoms with Gasteiger partial charge in [-0.25, -0.2) is 17.8 Å². The molecule has 5 nitrogen and oxygen atoms in total. The molecule has 32 heavy (non-hydrogen) atoms. The number of nitrogens with zero attached hydrogens (tertiary/aromatic N) is 3. The monoisotopic (exact) mass is 493 g/mol. The average Bonchev–Trinajstić information content (AvgIpc) is 3.25. The van der Waals surface area contributed by atoms with E-state index < -0.39 is 15.8 Å². The average molecular weight is 494 g/mol. The Morgan fingerprint density at radius 2 is 1.69 bits per heavy atom. The van der Waals surface area contributed by atoms with Gasteiger partial charge >= 0.3 is 0 Å². The lowest BCUT2D eigenvalue weighted by Crippen LogP contribution is -2.48. The van der Waals surface area contributed by atoms with Crippen LogP contribution in [0.4, 0.5) is 9.52 Å². The molecule has 1 aliphatic heterocycles. The van der Waals surface area contributed by atoms with Crippen molar-refractivity contribution in [2.75, 3.05) is 31.1 Å². The smallest absolute Gasteiger partial charge is 0.243 e. The normalized spacial score (nSPS) is 15.8. The van der Waals surface area contributed by atoms with Gasteiger partial charge in [0.05, 0.1) is 15.6 Å². The summed E-state index contributed by atoms with van der Waals surface area (Å²) in [5, 5.41) is 2.78. The zero-order valence-electron chi connectivity index (χ0n) is 18.2. The van der Waals surface area contributed by atoms with Crippen LogP contribution in [0.15, 0.2) is 52.7 Å². The standard InChI is InChI=1S/C23H25ClFN3O2S2/c1-23(2,3)17-5-7-18(8-6-17)32(29,30)28-12-10-27(11-13-28)22-26-21(15-31-22)16-4-9-20(25)19(24)14-16/h4-9,14-15H,10-13H2,1-3H3. The molecule has 0 aliphatic carbocycles. The zero-order chi connectivity index (χ0) is 23.1. The first-order valence-electron chi connectivity index (χ1n) is 10.3. The second-order valence-corrected chi connectivity index (χ2v) is 12.0. The topological polar surface area (TPSA) is 53.5 Å². The predicted octanol–water partition coefficient (Wildman–Crippen LogP) is 5.41. The van der Waals surface area contributed by atoms with Crippen LogP contribution in [0.25, 0.3) is 11.3 Å². The summed E-state index contributed by atoms with van der Waals surface area (Å²) >= 11 is 7.37. The highest BCUT2D eigenvalue weighted by molar-refractivity contribution is 7.89. The van der Waals surface area contributed by atoms with Gasteiger partial charge in [-0.3, -0.25) is 0 Å². The Labute approximate surface area is 197 Å². The maximum Gasteiger partial charge on any atom is 0.243 e. The Balaban J connectivity index is 1.44. The van der Waals surface area contributed by atoms with Gasteiger partial charge in [-0.2, -0.15) is 4.31 Å². The molecule has 9 heteroatoms. The Kier molecular flexibility index (Phi) is 6.33. The minimum absolute atomic E-state index is 0.0281. The van der Waals surface area contributed by atoms with Crippen molar-refractivity contribution in [2.24, 2.45) is 0 Å². The molecule has 0 unspecified atom stereocenters. The fourth-order valence-electron chi connectivity index (χ4n) is 3.59. The van der Waals surface area contributed by atoms with E-state index in [-0.39, 0.29) is 10.4 Å². The lowest BCUT2D eigenvalue weighted by atomic mass is 9.87. The molecule has 0 spiro atoms. The van der Waals surface area contributed by atoms with Crippen molar-refractivity contribution in [1.82, 2.24) is 9.29 Å². The maximum absolute atomic E-state index is 13.4. The molecule has 0 saturated carbocycles. The van der Waals surface area contributed by atoms with Crippen molar-refractivity contribution >= 4 is 38.1 Å². The largest absolute Gasteiger partial charge is 0.345 e. The summed E-state index contributed by atoms with van der Waals surface area (Å²) in [5.74, 6) is -0.462. The Bertz CT molecular complexity index is 1210. The molecule has 1 saturated heterocycles. The van der Waals surface area contributed by atoms with E-state index in [0.29, 0.717) is 31.1 Å². The number of hydrogen-bond donors (Lipinski definition) is 0. The highest BCUT2D eigenvalue weighted by atomic mass is 35.5. The number of rotatable bonds is 4. The van der Waals surface area contributed by atoms with E-state index in [2.05, 4.69) is 30.7 Å². The molecule has 2 aromatic carbocycles. The molecule has 4 rings (SSSR count). The SMILES string of the molecule is CC(C)(C)c1ccc(S(=O)(=O)N2CCN(c3nc(-c4ccc(F)c(Cl)c4)cs3)CC2)cc1. The molecule has 0 N–H and O–H groups in total. The number of hydrogen-bond acceptors (Lipinski definition) is 5. The first-order valence-corrected chi connectivity index (χ1v) is 13.0. The summed E-state index contributed by atoms with van der Waals surface area (Å²) in [6, 6.07) is 11.7. The highest BCUT2D eigenvalue weighted by Gasteiger charge is 2.29. The van der Waals surface area contributed by atoms with Crippen molar-refractivity contribution in [3.63, 3.8) is 0 Å². The summed E-state index contributed by atoms with van der Waals surface area (Å²) in [6.07, 6.45) is 0. The quantitative estimate of drug-likeness (QED) is 0.487. The van der Waals surface area contributed by atoms with Crippen molar-refractivity contribution in [1.29, 1.82) is 0 Å². The van der Waals surface area contributed by atoms with Crippen LogP contribution in [-0.4, -0.2) is 43.9 Å². The van der Waals surface area contributed by atoms with E-state index in [9.17, 15) is 12.8 Å². The molecule has 0 amide bonds. The number of thiazole rings is 1. The van der Waals surface area contributed by atoms with E-state index in [0.717, 1.165) is 22.0 Å². The van der Waals surface area contributed by atoms with E-state index >= 15 is 0 Å². The predicted molar refractivity (Wildman–Crippen MR) is 129 cm³/mol. The van der Waals surface area contributed by atoms with Gasteiger partial charge in [0, 0.05) is 37.1 Å². The van der Waals surface area contributed by atoms with Crippen LogP contribution in [0, 0.1) is 5.82 Å². The molecule has 0 radical (unpaired) electrons. The maximum atomic E-state index is 13.4. The summed E-state index contributed by atoms with van der Waals surface area (Å²) < 4.78 is 41.1. The van der Waals surface area contributed by atoms with Gasteiger partial charge < -0.3 is 4.90 Å². The first-order chi connectivity index (χ1) is 15.1. The molecule has 1 fully saturated rings. The van der Waals surface area contributed by atoms with Crippen molar-refractivity contribution in [2.45, 2.75) is 31.1 Å². The van der Waals surface area contributed by atoms with Crippen molar-refractivity contribution in [3.8, 4) is 11.3 Å². The molecule has 1 aliphatic rings. The zero-order valence-corrected chi connectivity index (χ0v) is 20.6. The molecule has 0 atom stereocenters. The second-order valence-electron chi connectivity index (χ2n) is 8.81. The summed E-state index contributed by atoms with van der Waals surface area (Å²) in [7, 11) is -3.54.